The number of carbonyl (C=O) groups excluding carboxylic acids is 2. The smallest absolute Gasteiger partial charge is 0.265 e. The summed E-state index contributed by atoms with van der Waals surface area (Å²) in [6.45, 7) is 3.80. The van der Waals surface area contributed by atoms with Crippen LogP contribution >= 0.6 is 24.2 Å². The Morgan fingerprint density at radius 3 is 2.84 bits per heavy atom. The van der Waals surface area contributed by atoms with Crippen LogP contribution in [-0.4, -0.2) is 36.0 Å². The van der Waals surface area contributed by atoms with Gasteiger partial charge >= 0.3 is 0 Å². The first-order valence-electron chi connectivity index (χ1n) is 8.12. The quantitative estimate of drug-likeness (QED) is 0.668. The number of ether oxygens (including phenoxy) is 1. The fourth-order valence-electron chi connectivity index (χ4n) is 2.48. The van der Waals surface area contributed by atoms with Gasteiger partial charge in [0, 0.05) is 0 Å². The van der Waals surface area contributed by atoms with Gasteiger partial charge in [-0.1, -0.05) is 13.0 Å². The first-order valence-corrected chi connectivity index (χ1v) is 9.52. The number of halogens is 1. The molecule has 140 valence electrons. The summed E-state index contributed by atoms with van der Waals surface area (Å²) in [6.07, 6.45) is 2.77. The average molecular weight is 388 g/mol. The van der Waals surface area contributed by atoms with E-state index < -0.39 is 12.1 Å². The number of benzene rings is 1. The Balaban J connectivity index is 0.00000312. The number of nitrogens with two attached hydrogens (primary N) is 1. The van der Waals surface area contributed by atoms with Crippen molar-refractivity contribution in [1.82, 2.24) is 5.32 Å². The van der Waals surface area contributed by atoms with E-state index in [4.69, 9.17) is 10.5 Å². The second kappa shape index (κ2) is 9.89. The molecule has 1 aromatic rings. The molecule has 0 saturated carbocycles. The molecule has 8 heteroatoms. The lowest BCUT2D eigenvalue weighted by atomic mass is 10.1. The van der Waals surface area contributed by atoms with Crippen molar-refractivity contribution < 1.29 is 14.3 Å². The van der Waals surface area contributed by atoms with Crippen LogP contribution in [0.1, 0.15) is 38.3 Å². The number of thioether (sulfide) groups is 1. The summed E-state index contributed by atoms with van der Waals surface area (Å²) in [7, 11) is 0. The summed E-state index contributed by atoms with van der Waals surface area (Å²) in [4.78, 5) is 23.9. The Morgan fingerprint density at radius 2 is 2.20 bits per heavy atom. The Kier molecular flexibility index (Phi) is 8.55. The molecular weight excluding hydrogens is 362 g/mol. The van der Waals surface area contributed by atoms with E-state index in [1.807, 2.05) is 32.2 Å². The summed E-state index contributed by atoms with van der Waals surface area (Å²) >= 11 is 1.67. The van der Waals surface area contributed by atoms with E-state index in [1.54, 1.807) is 17.8 Å². The average Bonchev–Trinajstić information content (AvgIpc) is 2.58. The van der Waals surface area contributed by atoms with Gasteiger partial charge in [0.15, 0.2) is 6.10 Å². The fraction of sp³-hybridized carbons (Fsp3) is 0.529. The van der Waals surface area contributed by atoms with Gasteiger partial charge in [-0.25, -0.2) is 0 Å². The van der Waals surface area contributed by atoms with E-state index >= 15 is 0 Å². The van der Waals surface area contributed by atoms with Crippen molar-refractivity contribution in [3.63, 3.8) is 0 Å². The van der Waals surface area contributed by atoms with Gasteiger partial charge in [-0.3, -0.25) is 9.59 Å². The summed E-state index contributed by atoms with van der Waals surface area (Å²) in [6, 6.07) is 4.83. The molecule has 25 heavy (non-hydrogen) atoms. The molecule has 0 aliphatic carbocycles. The van der Waals surface area contributed by atoms with Gasteiger partial charge in [0.2, 0.25) is 5.91 Å². The molecule has 1 aromatic carbocycles. The largest absolute Gasteiger partial charge is 0.478 e. The Morgan fingerprint density at radius 1 is 1.48 bits per heavy atom. The van der Waals surface area contributed by atoms with Crippen LogP contribution in [0.4, 0.5) is 5.69 Å². The zero-order valence-corrected chi connectivity index (χ0v) is 16.3. The summed E-state index contributed by atoms with van der Waals surface area (Å²) in [5, 5.41) is 5.77. The number of rotatable bonds is 7. The molecule has 1 aliphatic heterocycles. The number of hydrogen-bond acceptors (Lipinski definition) is 5. The maximum Gasteiger partial charge on any atom is 0.265 e. The van der Waals surface area contributed by atoms with Gasteiger partial charge in [0.05, 0.1) is 17.8 Å². The van der Waals surface area contributed by atoms with Gasteiger partial charge in [-0.05, 0) is 49.5 Å². The number of carbonyl (C=O) groups is 2. The molecule has 0 radical (unpaired) electrons. The maximum atomic E-state index is 12.1. The highest BCUT2D eigenvalue weighted by molar-refractivity contribution is 7.98. The van der Waals surface area contributed by atoms with Crippen LogP contribution in [0.3, 0.4) is 0 Å². The van der Waals surface area contributed by atoms with Crippen LogP contribution in [0.15, 0.2) is 18.2 Å². The number of amides is 2. The minimum Gasteiger partial charge on any atom is -0.478 e. The van der Waals surface area contributed by atoms with E-state index in [0.29, 0.717) is 24.3 Å². The van der Waals surface area contributed by atoms with Crippen LogP contribution in [0.25, 0.3) is 0 Å². The second-order valence-electron chi connectivity index (χ2n) is 5.88. The van der Waals surface area contributed by atoms with E-state index in [-0.39, 0.29) is 30.3 Å². The van der Waals surface area contributed by atoms with E-state index in [9.17, 15) is 9.59 Å². The second-order valence-corrected chi connectivity index (χ2v) is 6.86. The van der Waals surface area contributed by atoms with Crippen molar-refractivity contribution in [1.29, 1.82) is 0 Å². The minimum atomic E-state index is -0.502. The van der Waals surface area contributed by atoms with Crippen molar-refractivity contribution in [2.75, 3.05) is 17.3 Å². The van der Waals surface area contributed by atoms with Crippen molar-refractivity contribution in [2.24, 2.45) is 5.73 Å². The van der Waals surface area contributed by atoms with Crippen LogP contribution < -0.4 is 21.1 Å². The van der Waals surface area contributed by atoms with Crippen molar-refractivity contribution >= 4 is 41.7 Å². The summed E-state index contributed by atoms with van der Waals surface area (Å²) < 4.78 is 5.74. The number of anilines is 1. The third-order valence-electron chi connectivity index (χ3n) is 4.02. The molecule has 3 atom stereocenters. The normalized spacial score (nSPS) is 18.1. The topological polar surface area (TPSA) is 93.4 Å². The Labute approximate surface area is 159 Å². The summed E-state index contributed by atoms with van der Waals surface area (Å²) in [5.41, 5.74) is 7.46. The van der Waals surface area contributed by atoms with Crippen molar-refractivity contribution in [3.05, 3.63) is 23.8 Å². The predicted molar refractivity (Wildman–Crippen MR) is 105 cm³/mol. The van der Waals surface area contributed by atoms with Gasteiger partial charge < -0.3 is 21.1 Å². The molecule has 2 unspecified atom stereocenters. The van der Waals surface area contributed by atoms with Crippen LogP contribution in [0, 0.1) is 0 Å². The SMILES string of the molecule is CCC1Oc2cc(C(C)NC(=O)[C@@H](N)CCSC)ccc2NC1=O.Cl. The third-order valence-corrected chi connectivity index (χ3v) is 4.67. The molecule has 4 N–H and O–H groups in total. The van der Waals surface area contributed by atoms with Crippen molar-refractivity contribution in [3.8, 4) is 5.75 Å². The standard InChI is InChI=1S/C17H25N3O3S.ClH/c1-4-14-17(22)20-13-6-5-11(9-15(13)23-14)10(2)19-16(21)12(18)7-8-24-3;/h5-6,9-10,12,14H,4,7-8,18H2,1-3H3,(H,19,21)(H,20,22);1H/t10?,12-,14?;/m0./s1. The molecule has 0 saturated heterocycles. The van der Waals surface area contributed by atoms with Crippen LogP contribution in [0.5, 0.6) is 5.75 Å². The monoisotopic (exact) mass is 387 g/mol. The van der Waals surface area contributed by atoms with E-state index in [1.165, 1.54) is 0 Å². The van der Waals surface area contributed by atoms with Gasteiger partial charge in [-0.2, -0.15) is 11.8 Å². The predicted octanol–water partition coefficient (Wildman–Crippen LogP) is 2.48. The molecule has 0 fully saturated rings. The minimum absolute atomic E-state index is 0. The molecule has 1 aliphatic rings. The maximum absolute atomic E-state index is 12.1. The molecule has 2 rings (SSSR count). The van der Waals surface area contributed by atoms with Crippen LogP contribution in [0.2, 0.25) is 0 Å². The first kappa shape index (κ1) is 21.6. The zero-order chi connectivity index (χ0) is 17.7. The Bertz CT molecular complexity index is 615. The number of fused-ring (bicyclic) bond motifs is 1. The van der Waals surface area contributed by atoms with Crippen molar-refractivity contribution in [2.45, 2.75) is 44.9 Å². The highest BCUT2D eigenvalue weighted by Gasteiger charge is 2.26. The zero-order valence-electron chi connectivity index (χ0n) is 14.7. The Hall–Kier alpha value is -1.44. The fourth-order valence-corrected chi connectivity index (χ4v) is 2.97. The van der Waals surface area contributed by atoms with Gasteiger partial charge in [0.1, 0.15) is 5.75 Å². The molecular formula is C17H26ClN3O3S. The highest BCUT2D eigenvalue weighted by Crippen LogP contribution is 2.32. The molecule has 2 amide bonds. The van der Waals surface area contributed by atoms with Crippen LogP contribution in [-0.2, 0) is 9.59 Å². The molecule has 0 aromatic heterocycles. The molecule has 0 bridgehead atoms. The first-order chi connectivity index (χ1) is 11.5. The lowest BCUT2D eigenvalue weighted by Gasteiger charge is -2.26. The molecule has 0 spiro atoms. The number of hydrogen-bond donors (Lipinski definition) is 3. The summed E-state index contributed by atoms with van der Waals surface area (Å²) in [5.74, 6) is 1.20. The highest BCUT2D eigenvalue weighted by atomic mass is 35.5. The van der Waals surface area contributed by atoms with E-state index in [2.05, 4.69) is 10.6 Å². The lowest BCUT2D eigenvalue weighted by Crippen LogP contribution is -2.42. The van der Waals surface area contributed by atoms with Gasteiger partial charge in [-0.15, -0.1) is 12.4 Å². The van der Waals surface area contributed by atoms with E-state index in [0.717, 1.165) is 11.3 Å². The molecule has 1 heterocycles. The third kappa shape index (κ3) is 5.52. The van der Waals surface area contributed by atoms with Gasteiger partial charge in [0.25, 0.3) is 5.91 Å². The lowest BCUT2D eigenvalue weighted by molar-refractivity contribution is -0.124. The molecule has 6 nitrogen and oxygen atoms in total. The number of nitrogens with one attached hydrogen (secondary N) is 2.